The number of rotatable bonds is 8. The lowest BCUT2D eigenvalue weighted by Crippen LogP contribution is -2.35. The number of nitrogens with zero attached hydrogens (tertiary/aromatic N) is 3. The molecule has 0 spiro atoms. The van der Waals surface area contributed by atoms with Crippen LogP contribution in [0, 0.1) is 11.7 Å². The molecule has 0 unspecified atom stereocenters. The van der Waals surface area contributed by atoms with Gasteiger partial charge in [0.1, 0.15) is 22.9 Å². The summed E-state index contributed by atoms with van der Waals surface area (Å²) < 4.78 is 20.7. The van der Waals surface area contributed by atoms with Crippen LogP contribution in [0.15, 0.2) is 66.9 Å². The second-order valence-electron chi connectivity index (χ2n) is 9.38. The average molecular weight is 521 g/mol. The van der Waals surface area contributed by atoms with Crippen molar-refractivity contribution in [3.05, 3.63) is 94.7 Å². The maximum Gasteiger partial charge on any atom is 0.270 e. The third kappa shape index (κ3) is 5.88. The number of hydrogen-bond donors (Lipinski definition) is 1. The number of ether oxygens (including phenoxy) is 1. The number of aryl methyl sites for hydroxylation is 1. The number of fused-ring (bicyclic) bond motifs is 1. The predicted octanol–water partition coefficient (Wildman–Crippen LogP) is 5.91. The number of carbonyl (C=O) groups excluding carboxylic acids is 1. The molecule has 1 fully saturated rings. The van der Waals surface area contributed by atoms with E-state index in [4.69, 9.17) is 16.3 Å². The first-order valence-electron chi connectivity index (χ1n) is 12.7. The SMILES string of the molecule is CCc1nc2cc(Cl)ccn2c1C(=O)NCc1ccc(N2CCC(COc3ccc(F)cc3)CC2)cc1. The summed E-state index contributed by atoms with van der Waals surface area (Å²) in [7, 11) is 0. The number of imidazole rings is 1. The van der Waals surface area contributed by atoms with Crippen molar-refractivity contribution in [1.29, 1.82) is 0 Å². The molecule has 2 aromatic carbocycles. The van der Waals surface area contributed by atoms with Crippen LogP contribution in [-0.4, -0.2) is 35.0 Å². The normalized spacial score (nSPS) is 14.2. The van der Waals surface area contributed by atoms with Crippen LogP contribution >= 0.6 is 11.6 Å². The van der Waals surface area contributed by atoms with Crippen LogP contribution in [-0.2, 0) is 13.0 Å². The predicted molar refractivity (Wildman–Crippen MR) is 144 cm³/mol. The molecule has 0 saturated carbocycles. The Kier molecular flexibility index (Phi) is 7.60. The van der Waals surface area contributed by atoms with E-state index >= 15 is 0 Å². The van der Waals surface area contributed by atoms with Gasteiger partial charge in [-0.1, -0.05) is 30.7 Å². The van der Waals surface area contributed by atoms with E-state index in [0.717, 1.165) is 37.2 Å². The number of amides is 1. The van der Waals surface area contributed by atoms with Crippen LogP contribution < -0.4 is 15.0 Å². The van der Waals surface area contributed by atoms with E-state index in [1.54, 1.807) is 34.9 Å². The number of piperidine rings is 1. The Labute approximate surface area is 221 Å². The minimum atomic E-state index is -0.252. The van der Waals surface area contributed by atoms with Crippen molar-refractivity contribution in [1.82, 2.24) is 14.7 Å². The second-order valence-corrected chi connectivity index (χ2v) is 9.81. The zero-order chi connectivity index (χ0) is 25.8. The van der Waals surface area contributed by atoms with E-state index in [0.29, 0.717) is 47.6 Å². The molecule has 1 amide bonds. The van der Waals surface area contributed by atoms with Gasteiger partial charge in [-0.05, 0) is 73.2 Å². The molecule has 1 N–H and O–H groups in total. The van der Waals surface area contributed by atoms with Gasteiger partial charge in [0.2, 0.25) is 0 Å². The molecule has 1 saturated heterocycles. The van der Waals surface area contributed by atoms with Gasteiger partial charge in [-0.15, -0.1) is 0 Å². The molecule has 1 aliphatic rings. The van der Waals surface area contributed by atoms with Gasteiger partial charge in [-0.3, -0.25) is 9.20 Å². The molecular formula is C29H30ClFN4O2. The molecule has 8 heteroatoms. The minimum Gasteiger partial charge on any atom is -0.493 e. The highest BCUT2D eigenvalue weighted by Crippen LogP contribution is 2.25. The number of carbonyl (C=O) groups is 1. The van der Waals surface area contributed by atoms with Crippen LogP contribution in [0.2, 0.25) is 5.02 Å². The molecule has 0 bridgehead atoms. The molecule has 1 aliphatic heterocycles. The summed E-state index contributed by atoms with van der Waals surface area (Å²) >= 11 is 6.09. The fourth-order valence-corrected chi connectivity index (χ4v) is 4.90. The minimum absolute atomic E-state index is 0.152. The van der Waals surface area contributed by atoms with E-state index in [1.807, 2.05) is 6.92 Å². The van der Waals surface area contributed by atoms with E-state index in [9.17, 15) is 9.18 Å². The van der Waals surface area contributed by atoms with Gasteiger partial charge in [0.05, 0.1) is 12.3 Å². The summed E-state index contributed by atoms with van der Waals surface area (Å²) in [5, 5.41) is 3.63. The number of hydrogen-bond acceptors (Lipinski definition) is 4. The Morgan fingerprint density at radius 1 is 1.11 bits per heavy atom. The molecule has 4 aromatic rings. The largest absolute Gasteiger partial charge is 0.493 e. The van der Waals surface area contributed by atoms with Crippen LogP contribution in [0.3, 0.4) is 0 Å². The van der Waals surface area contributed by atoms with Crippen molar-refractivity contribution in [2.75, 3.05) is 24.6 Å². The van der Waals surface area contributed by atoms with Gasteiger partial charge >= 0.3 is 0 Å². The summed E-state index contributed by atoms with van der Waals surface area (Å²) in [5.41, 5.74) is 4.19. The monoisotopic (exact) mass is 520 g/mol. The average Bonchev–Trinajstić information content (AvgIpc) is 3.30. The Morgan fingerprint density at radius 3 is 2.54 bits per heavy atom. The molecule has 5 rings (SSSR count). The van der Waals surface area contributed by atoms with Gasteiger partial charge < -0.3 is 15.0 Å². The van der Waals surface area contributed by atoms with Crippen molar-refractivity contribution < 1.29 is 13.9 Å². The molecule has 2 aromatic heterocycles. The van der Waals surface area contributed by atoms with E-state index < -0.39 is 0 Å². The van der Waals surface area contributed by atoms with Gasteiger partial charge in [-0.2, -0.15) is 0 Å². The Bertz CT molecular complexity index is 1360. The second kappa shape index (κ2) is 11.2. The molecular weight excluding hydrogens is 491 g/mol. The van der Waals surface area contributed by atoms with Crippen molar-refractivity contribution in [2.24, 2.45) is 5.92 Å². The summed E-state index contributed by atoms with van der Waals surface area (Å²) in [5.74, 6) is 0.792. The van der Waals surface area contributed by atoms with Gasteiger partial charge in [-0.25, -0.2) is 9.37 Å². The lowest BCUT2D eigenvalue weighted by molar-refractivity contribution is 0.0944. The number of halogens is 2. The quantitative estimate of drug-likeness (QED) is 0.313. The molecule has 192 valence electrons. The first-order valence-corrected chi connectivity index (χ1v) is 13.0. The maximum absolute atomic E-state index is 13.1. The third-order valence-corrected chi connectivity index (χ3v) is 7.11. The van der Waals surface area contributed by atoms with Gasteiger partial charge in [0, 0.05) is 42.6 Å². The van der Waals surface area contributed by atoms with Crippen LogP contribution in [0.1, 0.15) is 41.5 Å². The fourth-order valence-electron chi connectivity index (χ4n) is 4.75. The molecule has 6 nitrogen and oxygen atoms in total. The van der Waals surface area contributed by atoms with Crippen molar-refractivity contribution in [3.8, 4) is 5.75 Å². The number of nitrogens with one attached hydrogen (secondary N) is 1. The molecule has 0 radical (unpaired) electrons. The molecule has 3 heterocycles. The maximum atomic E-state index is 13.1. The number of aromatic nitrogens is 2. The Hall–Kier alpha value is -3.58. The first kappa shape index (κ1) is 25.1. The molecule has 37 heavy (non-hydrogen) atoms. The smallest absolute Gasteiger partial charge is 0.270 e. The van der Waals surface area contributed by atoms with Crippen LogP contribution in [0.5, 0.6) is 5.75 Å². The summed E-state index contributed by atoms with van der Waals surface area (Å²) in [6.07, 6.45) is 4.53. The third-order valence-electron chi connectivity index (χ3n) is 6.88. The van der Waals surface area contributed by atoms with Crippen molar-refractivity contribution in [2.45, 2.75) is 32.7 Å². The Balaban J connectivity index is 1.13. The lowest BCUT2D eigenvalue weighted by atomic mass is 9.97. The first-order chi connectivity index (χ1) is 18.0. The van der Waals surface area contributed by atoms with E-state index in [2.05, 4.69) is 39.5 Å². The van der Waals surface area contributed by atoms with Gasteiger partial charge in [0.15, 0.2) is 0 Å². The van der Waals surface area contributed by atoms with Crippen molar-refractivity contribution >= 4 is 28.8 Å². The summed E-state index contributed by atoms with van der Waals surface area (Å²) in [6, 6.07) is 18.1. The topological polar surface area (TPSA) is 58.9 Å². The summed E-state index contributed by atoms with van der Waals surface area (Å²) in [6.45, 7) is 5.00. The van der Waals surface area contributed by atoms with Crippen LogP contribution in [0.25, 0.3) is 5.65 Å². The highest BCUT2D eigenvalue weighted by atomic mass is 35.5. The zero-order valence-electron chi connectivity index (χ0n) is 20.8. The highest BCUT2D eigenvalue weighted by molar-refractivity contribution is 6.30. The number of pyridine rings is 1. The fraction of sp³-hybridized carbons (Fsp3) is 0.310. The zero-order valence-corrected chi connectivity index (χ0v) is 21.5. The summed E-state index contributed by atoms with van der Waals surface area (Å²) in [4.78, 5) is 20.0. The van der Waals surface area contributed by atoms with Crippen LogP contribution in [0.4, 0.5) is 10.1 Å². The highest BCUT2D eigenvalue weighted by Gasteiger charge is 2.21. The van der Waals surface area contributed by atoms with E-state index in [-0.39, 0.29) is 11.7 Å². The lowest BCUT2D eigenvalue weighted by Gasteiger charge is -2.33. The Morgan fingerprint density at radius 2 is 1.84 bits per heavy atom. The van der Waals surface area contributed by atoms with Gasteiger partial charge in [0.25, 0.3) is 5.91 Å². The molecule has 0 aliphatic carbocycles. The van der Waals surface area contributed by atoms with Crippen molar-refractivity contribution in [3.63, 3.8) is 0 Å². The number of benzene rings is 2. The van der Waals surface area contributed by atoms with E-state index in [1.165, 1.54) is 17.8 Å². The number of anilines is 1. The standard InChI is InChI=1S/C29H30ClFN4O2/c1-2-26-28(35-16-13-22(30)17-27(35)33-26)29(36)32-18-20-3-7-24(8-4-20)34-14-11-21(12-15-34)19-37-25-9-5-23(31)6-10-25/h3-10,13,16-17,21H,2,11-12,14-15,18-19H2,1H3,(H,32,36). The molecule has 0 atom stereocenters.